The number of nitrogens with one attached hydrogen (secondary N) is 1. The molecule has 1 fully saturated rings. The van der Waals surface area contributed by atoms with Crippen LogP contribution in [-0.4, -0.2) is 23.8 Å². The summed E-state index contributed by atoms with van der Waals surface area (Å²) in [6, 6.07) is 0. The Hall–Kier alpha value is -0.0800. The normalized spacial score (nSPS) is 34.8. The molecule has 13 heavy (non-hydrogen) atoms. The van der Waals surface area contributed by atoms with Crippen LogP contribution in [0.25, 0.3) is 0 Å². The topological polar surface area (TPSA) is 32.3 Å². The highest BCUT2D eigenvalue weighted by molar-refractivity contribution is 4.92. The van der Waals surface area contributed by atoms with Crippen molar-refractivity contribution in [3.05, 3.63) is 0 Å². The van der Waals surface area contributed by atoms with Crippen LogP contribution in [0.1, 0.15) is 46.0 Å². The van der Waals surface area contributed by atoms with Crippen LogP contribution in [0.15, 0.2) is 0 Å². The molecule has 0 aromatic carbocycles. The summed E-state index contributed by atoms with van der Waals surface area (Å²) in [6.07, 6.45) is 6.19. The second-order valence-corrected chi connectivity index (χ2v) is 4.34. The maximum absolute atomic E-state index is 9.42. The van der Waals surface area contributed by atoms with Crippen LogP contribution in [-0.2, 0) is 0 Å². The summed E-state index contributed by atoms with van der Waals surface area (Å²) in [5, 5.41) is 12.9. The minimum absolute atomic E-state index is 0.0493. The smallest absolute Gasteiger partial charge is 0.0613 e. The van der Waals surface area contributed by atoms with Crippen molar-refractivity contribution in [3.63, 3.8) is 0 Å². The Morgan fingerprint density at radius 2 is 2.23 bits per heavy atom. The molecule has 1 rings (SSSR count). The van der Waals surface area contributed by atoms with Gasteiger partial charge in [-0.1, -0.05) is 33.1 Å². The Kier molecular flexibility index (Phi) is 4.20. The van der Waals surface area contributed by atoms with Crippen LogP contribution in [0.4, 0.5) is 0 Å². The zero-order valence-corrected chi connectivity index (χ0v) is 8.97. The van der Waals surface area contributed by atoms with E-state index in [1.807, 2.05) is 0 Å². The van der Waals surface area contributed by atoms with E-state index in [0.717, 1.165) is 25.3 Å². The molecule has 78 valence electrons. The zero-order chi connectivity index (χ0) is 9.73. The summed E-state index contributed by atoms with van der Waals surface area (Å²) >= 11 is 0. The van der Waals surface area contributed by atoms with E-state index >= 15 is 0 Å². The molecule has 2 unspecified atom stereocenters. The van der Waals surface area contributed by atoms with Crippen LogP contribution in [0.5, 0.6) is 0 Å². The SMILES string of the molecule is CCNC1(CO)CCCC(CC)C1. The largest absolute Gasteiger partial charge is 0.394 e. The Morgan fingerprint density at radius 1 is 1.46 bits per heavy atom. The lowest BCUT2D eigenvalue weighted by atomic mass is 9.75. The van der Waals surface area contributed by atoms with E-state index in [0.29, 0.717) is 6.61 Å². The van der Waals surface area contributed by atoms with Crippen LogP contribution in [0.3, 0.4) is 0 Å². The Morgan fingerprint density at radius 3 is 2.77 bits per heavy atom. The molecule has 2 nitrogen and oxygen atoms in total. The third-order valence-electron chi connectivity index (χ3n) is 3.38. The highest BCUT2D eigenvalue weighted by Gasteiger charge is 2.34. The van der Waals surface area contributed by atoms with E-state index in [4.69, 9.17) is 0 Å². The number of aliphatic hydroxyl groups is 1. The fourth-order valence-electron chi connectivity index (χ4n) is 2.57. The molecule has 2 heteroatoms. The molecule has 2 N–H and O–H groups in total. The Bertz CT molecular complexity index is 145. The summed E-state index contributed by atoms with van der Waals surface area (Å²) in [6.45, 7) is 5.64. The molecule has 0 amide bonds. The number of likely N-dealkylation sites (N-methyl/N-ethyl adjacent to an activating group) is 1. The summed E-state index contributed by atoms with van der Waals surface area (Å²) in [7, 11) is 0. The van der Waals surface area contributed by atoms with E-state index in [9.17, 15) is 5.11 Å². The number of rotatable bonds is 4. The van der Waals surface area contributed by atoms with Gasteiger partial charge in [-0.05, 0) is 25.3 Å². The lowest BCUT2D eigenvalue weighted by Gasteiger charge is -2.40. The maximum Gasteiger partial charge on any atom is 0.0613 e. The van der Waals surface area contributed by atoms with E-state index in [1.54, 1.807) is 0 Å². The maximum atomic E-state index is 9.42. The van der Waals surface area contributed by atoms with Crippen molar-refractivity contribution >= 4 is 0 Å². The van der Waals surface area contributed by atoms with Gasteiger partial charge in [0.1, 0.15) is 0 Å². The van der Waals surface area contributed by atoms with Crippen molar-refractivity contribution in [2.45, 2.75) is 51.5 Å². The highest BCUT2D eigenvalue weighted by atomic mass is 16.3. The Labute approximate surface area is 81.7 Å². The Balaban J connectivity index is 2.53. The molecule has 1 saturated carbocycles. The van der Waals surface area contributed by atoms with Crippen molar-refractivity contribution in [3.8, 4) is 0 Å². The molecule has 1 aliphatic rings. The molecule has 2 atom stereocenters. The van der Waals surface area contributed by atoms with E-state index in [-0.39, 0.29) is 5.54 Å². The van der Waals surface area contributed by atoms with Crippen molar-refractivity contribution in [2.75, 3.05) is 13.2 Å². The van der Waals surface area contributed by atoms with Crippen LogP contribution in [0.2, 0.25) is 0 Å². The molecular formula is C11H23NO. The van der Waals surface area contributed by atoms with Gasteiger partial charge >= 0.3 is 0 Å². The fraction of sp³-hybridized carbons (Fsp3) is 1.00. The minimum atomic E-state index is 0.0493. The summed E-state index contributed by atoms with van der Waals surface area (Å²) in [4.78, 5) is 0. The average Bonchev–Trinajstić information content (AvgIpc) is 2.19. The third-order valence-corrected chi connectivity index (χ3v) is 3.38. The standard InChI is InChI=1S/C11H23NO/c1-3-10-6-5-7-11(8-10,9-13)12-4-2/h10,12-13H,3-9H2,1-2H3. The first-order chi connectivity index (χ1) is 6.26. The highest BCUT2D eigenvalue weighted by Crippen LogP contribution is 2.33. The van der Waals surface area contributed by atoms with E-state index in [1.165, 1.54) is 19.3 Å². The monoisotopic (exact) mass is 185 g/mol. The molecule has 1 aliphatic carbocycles. The van der Waals surface area contributed by atoms with Crippen molar-refractivity contribution in [1.82, 2.24) is 5.32 Å². The number of hydrogen-bond donors (Lipinski definition) is 2. The number of hydrogen-bond acceptors (Lipinski definition) is 2. The van der Waals surface area contributed by atoms with Crippen molar-refractivity contribution in [1.29, 1.82) is 0 Å². The van der Waals surface area contributed by atoms with E-state index in [2.05, 4.69) is 19.2 Å². The fourth-order valence-corrected chi connectivity index (χ4v) is 2.57. The van der Waals surface area contributed by atoms with Gasteiger partial charge in [-0.25, -0.2) is 0 Å². The van der Waals surface area contributed by atoms with E-state index < -0.39 is 0 Å². The first kappa shape index (κ1) is 11.0. The quantitative estimate of drug-likeness (QED) is 0.701. The summed E-state index contributed by atoms with van der Waals surface area (Å²) in [5.41, 5.74) is 0.0493. The first-order valence-corrected chi connectivity index (χ1v) is 5.62. The van der Waals surface area contributed by atoms with Crippen LogP contribution < -0.4 is 5.32 Å². The molecular weight excluding hydrogens is 162 g/mol. The summed E-state index contributed by atoms with van der Waals surface area (Å²) in [5.74, 6) is 0.819. The lowest BCUT2D eigenvalue weighted by molar-refractivity contribution is 0.0958. The first-order valence-electron chi connectivity index (χ1n) is 5.62. The predicted octanol–water partition coefficient (Wildman–Crippen LogP) is 1.93. The van der Waals surface area contributed by atoms with Crippen molar-refractivity contribution < 1.29 is 5.11 Å². The zero-order valence-electron chi connectivity index (χ0n) is 8.97. The van der Waals surface area contributed by atoms with Crippen LogP contribution in [0, 0.1) is 5.92 Å². The van der Waals surface area contributed by atoms with Crippen molar-refractivity contribution in [2.24, 2.45) is 5.92 Å². The van der Waals surface area contributed by atoms with Gasteiger partial charge in [0.2, 0.25) is 0 Å². The molecule has 0 aromatic rings. The molecule has 0 aromatic heterocycles. The van der Waals surface area contributed by atoms with Gasteiger partial charge in [0.25, 0.3) is 0 Å². The van der Waals surface area contributed by atoms with Gasteiger partial charge in [0.15, 0.2) is 0 Å². The average molecular weight is 185 g/mol. The third kappa shape index (κ3) is 2.68. The molecule has 0 radical (unpaired) electrons. The number of aliphatic hydroxyl groups excluding tert-OH is 1. The lowest BCUT2D eigenvalue weighted by Crippen LogP contribution is -2.51. The molecule has 0 bridgehead atoms. The predicted molar refractivity (Wildman–Crippen MR) is 55.7 cm³/mol. The van der Waals surface area contributed by atoms with Gasteiger partial charge in [-0.15, -0.1) is 0 Å². The van der Waals surface area contributed by atoms with Gasteiger partial charge < -0.3 is 10.4 Å². The molecule has 0 spiro atoms. The second-order valence-electron chi connectivity index (χ2n) is 4.34. The van der Waals surface area contributed by atoms with Gasteiger partial charge in [0.05, 0.1) is 6.61 Å². The van der Waals surface area contributed by atoms with Gasteiger partial charge in [-0.2, -0.15) is 0 Å². The van der Waals surface area contributed by atoms with Gasteiger partial charge in [0, 0.05) is 5.54 Å². The second kappa shape index (κ2) is 4.97. The van der Waals surface area contributed by atoms with Crippen LogP contribution >= 0.6 is 0 Å². The molecule has 0 saturated heterocycles. The summed E-state index contributed by atoms with van der Waals surface area (Å²) < 4.78 is 0. The minimum Gasteiger partial charge on any atom is -0.394 e. The molecule has 0 heterocycles. The molecule has 0 aliphatic heterocycles. The van der Waals surface area contributed by atoms with Gasteiger partial charge in [-0.3, -0.25) is 0 Å².